The van der Waals surface area contributed by atoms with Gasteiger partial charge in [-0.15, -0.1) is 0 Å². The number of carbonyl (C=O) groups is 1. The molecule has 0 radical (unpaired) electrons. The average Bonchev–Trinajstić information content (AvgIpc) is 3.16. The van der Waals surface area contributed by atoms with Gasteiger partial charge < -0.3 is 5.32 Å². The van der Waals surface area contributed by atoms with E-state index in [0.717, 1.165) is 4.31 Å². The van der Waals surface area contributed by atoms with Crippen molar-refractivity contribution in [1.29, 1.82) is 0 Å². The molecule has 1 N–H and O–H groups in total. The molecule has 0 saturated heterocycles. The molecule has 10 heteroatoms. The van der Waals surface area contributed by atoms with Gasteiger partial charge >= 0.3 is 0 Å². The van der Waals surface area contributed by atoms with Crippen LogP contribution in [0, 0.1) is 0 Å². The third-order valence-electron chi connectivity index (χ3n) is 3.75. The zero-order chi connectivity index (χ0) is 19.6. The Labute approximate surface area is 161 Å². The van der Waals surface area contributed by atoms with Crippen molar-refractivity contribution in [2.24, 2.45) is 0 Å². The van der Waals surface area contributed by atoms with E-state index in [2.05, 4.69) is 15.4 Å². The van der Waals surface area contributed by atoms with Crippen LogP contribution in [0.2, 0.25) is 5.02 Å². The first-order valence-corrected chi connectivity index (χ1v) is 9.59. The zero-order valence-electron chi connectivity index (χ0n) is 14.5. The van der Waals surface area contributed by atoms with Gasteiger partial charge in [0.1, 0.15) is 12.7 Å². The fraction of sp³-hybridized carbons (Fsp3) is 0.118. The SMILES string of the molecule is CN(C)S(=O)(=O)c1cccc(C(=O)Nc2cc(Cl)ccc2-n2cncn2)c1. The van der Waals surface area contributed by atoms with Gasteiger partial charge in [0, 0.05) is 24.7 Å². The van der Waals surface area contributed by atoms with E-state index in [-0.39, 0.29) is 10.5 Å². The highest BCUT2D eigenvalue weighted by molar-refractivity contribution is 7.89. The number of nitrogens with one attached hydrogen (secondary N) is 1. The maximum atomic E-state index is 12.7. The van der Waals surface area contributed by atoms with Crippen molar-refractivity contribution in [1.82, 2.24) is 19.1 Å². The van der Waals surface area contributed by atoms with Crippen LogP contribution in [0.25, 0.3) is 5.69 Å². The lowest BCUT2D eigenvalue weighted by Crippen LogP contribution is -2.23. The summed E-state index contributed by atoms with van der Waals surface area (Å²) in [4.78, 5) is 16.6. The van der Waals surface area contributed by atoms with Gasteiger partial charge in [0.05, 0.1) is 16.3 Å². The summed E-state index contributed by atoms with van der Waals surface area (Å²) in [6, 6.07) is 10.7. The molecule has 3 rings (SSSR count). The predicted molar refractivity (Wildman–Crippen MR) is 102 cm³/mol. The predicted octanol–water partition coefficient (Wildman–Crippen LogP) is 2.42. The lowest BCUT2D eigenvalue weighted by molar-refractivity contribution is 0.102. The monoisotopic (exact) mass is 405 g/mol. The van der Waals surface area contributed by atoms with Crippen LogP contribution in [-0.2, 0) is 10.0 Å². The van der Waals surface area contributed by atoms with E-state index >= 15 is 0 Å². The molecule has 1 heterocycles. The van der Waals surface area contributed by atoms with Crippen molar-refractivity contribution >= 4 is 33.2 Å². The molecular weight excluding hydrogens is 390 g/mol. The number of hydrogen-bond donors (Lipinski definition) is 1. The van der Waals surface area contributed by atoms with Crippen LogP contribution in [0.15, 0.2) is 60.0 Å². The van der Waals surface area contributed by atoms with E-state index in [1.165, 1.54) is 55.7 Å². The second-order valence-electron chi connectivity index (χ2n) is 5.77. The summed E-state index contributed by atoms with van der Waals surface area (Å²) in [5, 5.41) is 7.22. The van der Waals surface area contributed by atoms with Crippen molar-refractivity contribution in [3.8, 4) is 5.69 Å². The molecule has 0 bridgehead atoms. The number of halogens is 1. The minimum absolute atomic E-state index is 0.0303. The molecule has 0 unspecified atom stereocenters. The van der Waals surface area contributed by atoms with E-state index in [0.29, 0.717) is 16.4 Å². The van der Waals surface area contributed by atoms with E-state index in [4.69, 9.17) is 11.6 Å². The topological polar surface area (TPSA) is 97.2 Å². The minimum atomic E-state index is -3.65. The first kappa shape index (κ1) is 19.0. The number of hydrogen-bond acceptors (Lipinski definition) is 5. The Morgan fingerprint density at radius 2 is 1.96 bits per heavy atom. The van der Waals surface area contributed by atoms with Gasteiger partial charge in [0.25, 0.3) is 5.91 Å². The maximum absolute atomic E-state index is 12.7. The zero-order valence-corrected chi connectivity index (χ0v) is 16.1. The smallest absolute Gasteiger partial charge is 0.255 e. The largest absolute Gasteiger partial charge is 0.320 e. The Balaban J connectivity index is 1.95. The summed E-state index contributed by atoms with van der Waals surface area (Å²) in [5.41, 5.74) is 1.18. The minimum Gasteiger partial charge on any atom is -0.320 e. The molecule has 0 spiro atoms. The molecule has 0 atom stereocenters. The van der Waals surface area contributed by atoms with Crippen LogP contribution >= 0.6 is 11.6 Å². The molecule has 140 valence electrons. The van der Waals surface area contributed by atoms with Gasteiger partial charge in [-0.3, -0.25) is 4.79 Å². The van der Waals surface area contributed by atoms with Gasteiger partial charge in [-0.25, -0.2) is 22.4 Å². The van der Waals surface area contributed by atoms with Gasteiger partial charge in [0.15, 0.2) is 0 Å². The molecule has 0 aliphatic rings. The van der Waals surface area contributed by atoms with Gasteiger partial charge in [-0.2, -0.15) is 5.10 Å². The summed E-state index contributed by atoms with van der Waals surface area (Å²) in [6.45, 7) is 0. The lowest BCUT2D eigenvalue weighted by Gasteiger charge is -2.13. The molecule has 0 aliphatic heterocycles. The maximum Gasteiger partial charge on any atom is 0.255 e. The highest BCUT2D eigenvalue weighted by atomic mass is 35.5. The lowest BCUT2D eigenvalue weighted by atomic mass is 10.2. The Morgan fingerprint density at radius 3 is 2.63 bits per heavy atom. The quantitative estimate of drug-likeness (QED) is 0.703. The third kappa shape index (κ3) is 4.00. The Morgan fingerprint density at radius 1 is 1.19 bits per heavy atom. The standard InChI is InChI=1S/C17H16ClN5O3S/c1-22(2)27(25,26)14-5-3-4-12(8-14)17(24)21-15-9-13(18)6-7-16(15)23-11-19-10-20-23/h3-11H,1-2H3,(H,21,24). The summed E-state index contributed by atoms with van der Waals surface area (Å²) < 4.78 is 27.1. The number of sulfonamides is 1. The van der Waals surface area contributed by atoms with Crippen molar-refractivity contribution < 1.29 is 13.2 Å². The van der Waals surface area contributed by atoms with Crippen LogP contribution in [0.5, 0.6) is 0 Å². The number of anilines is 1. The van der Waals surface area contributed by atoms with Crippen LogP contribution in [0.3, 0.4) is 0 Å². The molecule has 1 amide bonds. The van der Waals surface area contributed by atoms with Crippen molar-refractivity contribution in [3.05, 3.63) is 65.7 Å². The Hall–Kier alpha value is -2.75. The number of carbonyl (C=O) groups excluding carboxylic acids is 1. The molecule has 0 fully saturated rings. The highest BCUT2D eigenvalue weighted by Gasteiger charge is 2.19. The molecule has 3 aromatic rings. The molecule has 8 nitrogen and oxygen atoms in total. The number of nitrogens with zero attached hydrogens (tertiary/aromatic N) is 4. The molecule has 0 aliphatic carbocycles. The fourth-order valence-corrected chi connectivity index (χ4v) is 3.46. The summed E-state index contributed by atoms with van der Waals surface area (Å²) >= 11 is 6.05. The summed E-state index contributed by atoms with van der Waals surface area (Å²) in [6.07, 6.45) is 2.86. The molecular formula is C17H16ClN5O3S. The second-order valence-corrected chi connectivity index (χ2v) is 8.36. The fourth-order valence-electron chi connectivity index (χ4n) is 2.34. The molecule has 1 aromatic heterocycles. The number of amides is 1. The Bertz CT molecular complexity index is 1080. The van der Waals surface area contributed by atoms with E-state index in [1.54, 1.807) is 18.2 Å². The van der Waals surface area contributed by atoms with Crippen LogP contribution in [-0.4, -0.2) is 47.5 Å². The van der Waals surface area contributed by atoms with E-state index in [9.17, 15) is 13.2 Å². The van der Waals surface area contributed by atoms with Crippen molar-refractivity contribution in [2.75, 3.05) is 19.4 Å². The van der Waals surface area contributed by atoms with Crippen molar-refractivity contribution in [3.63, 3.8) is 0 Å². The first-order valence-electron chi connectivity index (χ1n) is 7.77. The van der Waals surface area contributed by atoms with E-state index < -0.39 is 15.9 Å². The normalized spacial score (nSPS) is 11.6. The van der Waals surface area contributed by atoms with Crippen LogP contribution in [0.1, 0.15) is 10.4 Å². The highest BCUT2D eigenvalue weighted by Crippen LogP contribution is 2.25. The average molecular weight is 406 g/mol. The third-order valence-corrected chi connectivity index (χ3v) is 5.79. The summed E-state index contributed by atoms with van der Waals surface area (Å²) in [7, 11) is -0.788. The second kappa shape index (κ2) is 7.47. The van der Waals surface area contributed by atoms with Gasteiger partial charge in [-0.05, 0) is 36.4 Å². The first-order chi connectivity index (χ1) is 12.8. The number of aromatic nitrogens is 3. The van der Waals surface area contributed by atoms with Crippen molar-refractivity contribution in [2.45, 2.75) is 4.90 Å². The molecule has 2 aromatic carbocycles. The molecule has 0 saturated carbocycles. The Kier molecular flexibility index (Phi) is 5.26. The van der Waals surface area contributed by atoms with Gasteiger partial charge in [-0.1, -0.05) is 17.7 Å². The van der Waals surface area contributed by atoms with Gasteiger partial charge in [0.2, 0.25) is 10.0 Å². The number of rotatable bonds is 5. The molecule has 27 heavy (non-hydrogen) atoms. The number of benzene rings is 2. The van der Waals surface area contributed by atoms with Crippen LogP contribution in [0.4, 0.5) is 5.69 Å². The van der Waals surface area contributed by atoms with Crippen LogP contribution < -0.4 is 5.32 Å². The summed E-state index contributed by atoms with van der Waals surface area (Å²) in [5.74, 6) is -0.477. The van der Waals surface area contributed by atoms with E-state index in [1.807, 2.05) is 0 Å².